The Morgan fingerprint density at radius 3 is 2.81 bits per heavy atom. The minimum Gasteiger partial charge on any atom is -0.387 e. The van der Waals surface area contributed by atoms with Crippen molar-refractivity contribution in [3.63, 3.8) is 0 Å². The molecule has 2 unspecified atom stereocenters. The van der Waals surface area contributed by atoms with Gasteiger partial charge in [0.05, 0.1) is 5.60 Å². The number of amides is 2. The van der Waals surface area contributed by atoms with Crippen molar-refractivity contribution in [3.05, 3.63) is 35.9 Å². The molecule has 1 saturated heterocycles. The first-order valence-corrected chi connectivity index (χ1v) is 8.61. The number of thioether (sulfide) groups is 1. The lowest BCUT2D eigenvalue weighted by atomic mass is 9.98. The molecule has 5 heteroatoms. The first-order valence-electron chi connectivity index (χ1n) is 7.46. The molecule has 0 radical (unpaired) electrons. The van der Waals surface area contributed by atoms with E-state index in [1.54, 1.807) is 11.8 Å². The Labute approximate surface area is 130 Å². The minimum absolute atomic E-state index is 0.194. The van der Waals surface area contributed by atoms with Gasteiger partial charge in [-0.05, 0) is 30.1 Å². The van der Waals surface area contributed by atoms with Crippen LogP contribution < -0.4 is 10.6 Å². The third-order valence-corrected chi connectivity index (χ3v) is 5.13. The zero-order valence-electron chi connectivity index (χ0n) is 12.5. The van der Waals surface area contributed by atoms with E-state index >= 15 is 0 Å². The van der Waals surface area contributed by atoms with Crippen LogP contribution in [0.15, 0.2) is 30.3 Å². The maximum Gasteiger partial charge on any atom is 0.314 e. The maximum absolute atomic E-state index is 11.7. The van der Waals surface area contributed by atoms with Crippen LogP contribution in [0.3, 0.4) is 0 Å². The van der Waals surface area contributed by atoms with Gasteiger partial charge >= 0.3 is 6.03 Å². The molecule has 1 aliphatic heterocycles. The number of aliphatic hydroxyl groups is 1. The lowest BCUT2D eigenvalue weighted by Crippen LogP contribution is -2.46. The molecule has 0 bridgehead atoms. The summed E-state index contributed by atoms with van der Waals surface area (Å²) in [5.74, 6) is 2.09. The van der Waals surface area contributed by atoms with Crippen LogP contribution in [0, 0.1) is 0 Å². The highest BCUT2D eigenvalue weighted by atomic mass is 32.2. The van der Waals surface area contributed by atoms with Crippen LogP contribution >= 0.6 is 11.8 Å². The van der Waals surface area contributed by atoms with Gasteiger partial charge in [-0.15, -0.1) is 0 Å². The third-order valence-electron chi connectivity index (χ3n) is 3.89. The summed E-state index contributed by atoms with van der Waals surface area (Å²) in [6.07, 6.45) is 1.65. The second-order valence-electron chi connectivity index (χ2n) is 5.74. The van der Waals surface area contributed by atoms with Crippen molar-refractivity contribution in [2.45, 2.75) is 31.3 Å². The van der Waals surface area contributed by atoms with Gasteiger partial charge < -0.3 is 15.7 Å². The van der Waals surface area contributed by atoms with Crippen molar-refractivity contribution in [2.75, 3.05) is 24.6 Å². The molecule has 0 saturated carbocycles. The van der Waals surface area contributed by atoms with Gasteiger partial charge in [-0.1, -0.05) is 37.3 Å². The van der Waals surface area contributed by atoms with E-state index in [0.29, 0.717) is 24.8 Å². The predicted molar refractivity (Wildman–Crippen MR) is 87.8 cm³/mol. The SMILES string of the molecule is CC(CCNC(=O)NCC1(O)CCSC1)c1ccccc1. The van der Waals surface area contributed by atoms with Gasteiger partial charge in [0, 0.05) is 18.8 Å². The molecular weight excluding hydrogens is 284 g/mol. The van der Waals surface area contributed by atoms with Crippen LogP contribution in [0.1, 0.15) is 31.2 Å². The molecule has 2 amide bonds. The van der Waals surface area contributed by atoms with Gasteiger partial charge in [-0.2, -0.15) is 11.8 Å². The molecule has 1 aliphatic rings. The number of carbonyl (C=O) groups excluding carboxylic acids is 1. The van der Waals surface area contributed by atoms with Gasteiger partial charge in [-0.25, -0.2) is 4.79 Å². The van der Waals surface area contributed by atoms with E-state index in [4.69, 9.17) is 0 Å². The molecule has 4 nitrogen and oxygen atoms in total. The lowest BCUT2D eigenvalue weighted by Gasteiger charge is -2.21. The quantitative estimate of drug-likeness (QED) is 0.756. The zero-order chi connectivity index (χ0) is 15.1. The molecule has 1 aromatic rings. The summed E-state index contributed by atoms with van der Waals surface area (Å²) in [6, 6.07) is 10.1. The fourth-order valence-electron chi connectivity index (χ4n) is 2.39. The fraction of sp³-hybridized carbons (Fsp3) is 0.562. The maximum atomic E-state index is 11.7. The Hall–Kier alpha value is -1.20. The lowest BCUT2D eigenvalue weighted by molar-refractivity contribution is 0.0700. The molecule has 1 heterocycles. The molecule has 1 aromatic carbocycles. The van der Waals surface area contributed by atoms with Crippen LogP contribution in [0.5, 0.6) is 0 Å². The van der Waals surface area contributed by atoms with Crippen LogP contribution in [-0.2, 0) is 0 Å². The second-order valence-corrected chi connectivity index (χ2v) is 6.84. The highest BCUT2D eigenvalue weighted by molar-refractivity contribution is 7.99. The average molecular weight is 308 g/mol. The van der Waals surface area contributed by atoms with Gasteiger partial charge in [-0.3, -0.25) is 0 Å². The van der Waals surface area contributed by atoms with E-state index in [0.717, 1.165) is 18.6 Å². The van der Waals surface area contributed by atoms with Gasteiger partial charge in [0.2, 0.25) is 0 Å². The van der Waals surface area contributed by atoms with E-state index in [2.05, 4.69) is 29.7 Å². The summed E-state index contributed by atoms with van der Waals surface area (Å²) < 4.78 is 0. The number of hydrogen-bond donors (Lipinski definition) is 3. The molecule has 3 N–H and O–H groups in total. The Balaban J connectivity index is 1.63. The highest BCUT2D eigenvalue weighted by Crippen LogP contribution is 2.26. The van der Waals surface area contributed by atoms with Crippen molar-refractivity contribution in [3.8, 4) is 0 Å². The number of benzene rings is 1. The normalized spacial score (nSPS) is 22.8. The topological polar surface area (TPSA) is 61.4 Å². The molecule has 21 heavy (non-hydrogen) atoms. The van der Waals surface area contributed by atoms with Gasteiger partial charge in [0.25, 0.3) is 0 Å². The van der Waals surface area contributed by atoms with Gasteiger partial charge in [0.15, 0.2) is 0 Å². The highest BCUT2D eigenvalue weighted by Gasteiger charge is 2.31. The summed E-state index contributed by atoms with van der Waals surface area (Å²) in [7, 11) is 0. The minimum atomic E-state index is -0.723. The molecule has 0 spiro atoms. The number of urea groups is 1. The Kier molecular flexibility index (Phi) is 5.94. The molecular formula is C16H24N2O2S. The summed E-state index contributed by atoms with van der Waals surface area (Å²) in [5, 5.41) is 15.8. The first kappa shape index (κ1) is 16.2. The molecule has 0 aromatic heterocycles. The van der Waals surface area contributed by atoms with Crippen LogP contribution in [0.4, 0.5) is 4.79 Å². The number of nitrogens with one attached hydrogen (secondary N) is 2. The predicted octanol–water partition coefficient (Wildman–Crippen LogP) is 2.35. The molecule has 0 aliphatic carbocycles. The van der Waals surface area contributed by atoms with Crippen LogP contribution in [0.25, 0.3) is 0 Å². The number of rotatable bonds is 6. The Bertz CT molecular complexity index is 447. The van der Waals surface area contributed by atoms with Crippen molar-refractivity contribution < 1.29 is 9.90 Å². The Morgan fingerprint density at radius 2 is 2.14 bits per heavy atom. The third kappa shape index (κ3) is 5.25. The first-order chi connectivity index (χ1) is 10.1. The summed E-state index contributed by atoms with van der Waals surface area (Å²) in [5.41, 5.74) is 0.566. The standard InChI is InChI=1S/C16H24N2O2S/c1-13(14-5-3-2-4-6-14)7-9-17-15(19)18-11-16(20)8-10-21-12-16/h2-6,13,20H,7-12H2,1H3,(H2,17,18,19). The van der Waals surface area contributed by atoms with Gasteiger partial charge in [0.1, 0.15) is 0 Å². The number of carbonyl (C=O) groups is 1. The van der Waals surface area contributed by atoms with E-state index in [1.165, 1.54) is 5.56 Å². The van der Waals surface area contributed by atoms with Crippen molar-refractivity contribution in [1.29, 1.82) is 0 Å². The largest absolute Gasteiger partial charge is 0.387 e. The second kappa shape index (κ2) is 7.71. The fourth-order valence-corrected chi connectivity index (χ4v) is 3.69. The zero-order valence-corrected chi connectivity index (χ0v) is 13.3. The molecule has 2 atom stereocenters. The smallest absolute Gasteiger partial charge is 0.314 e. The number of hydrogen-bond acceptors (Lipinski definition) is 3. The molecule has 1 fully saturated rings. The van der Waals surface area contributed by atoms with E-state index in [1.807, 2.05) is 18.2 Å². The monoisotopic (exact) mass is 308 g/mol. The summed E-state index contributed by atoms with van der Waals surface area (Å²) >= 11 is 1.73. The molecule has 2 rings (SSSR count). The van der Waals surface area contributed by atoms with E-state index < -0.39 is 5.60 Å². The average Bonchev–Trinajstić information content (AvgIpc) is 2.93. The summed E-state index contributed by atoms with van der Waals surface area (Å²) in [4.78, 5) is 11.7. The van der Waals surface area contributed by atoms with Crippen molar-refractivity contribution >= 4 is 17.8 Å². The summed E-state index contributed by atoms with van der Waals surface area (Å²) in [6.45, 7) is 3.13. The van der Waals surface area contributed by atoms with Crippen LogP contribution in [-0.4, -0.2) is 41.3 Å². The van der Waals surface area contributed by atoms with Crippen LogP contribution in [0.2, 0.25) is 0 Å². The van der Waals surface area contributed by atoms with Crippen molar-refractivity contribution in [1.82, 2.24) is 10.6 Å². The van der Waals surface area contributed by atoms with E-state index in [-0.39, 0.29) is 6.03 Å². The molecule has 116 valence electrons. The van der Waals surface area contributed by atoms with Crippen molar-refractivity contribution in [2.24, 2.45) is 0 Å². The Morgan fingerprint density at radius 1 is 1.38 bits per heavy atom. The van der Waals surface area contributed by atoms with E-state index in [9.17, 15) is 9.90 Å².